The van der Waals surface area contributed by atoms with Crippen molar-refractivity contribution in [1.29, 1.82) is 0 Å². The molecule has 0 aromatic heterocycles. The number of esters is 2. The van der Waals surface area contributed by atoms with Crippen LogP contribution in [0.1, 0.15) is 181 Å². The number of likely N-dealkylation sites (N-methyl/N-ethyl adjacent to an activating group) is 1. The Hall–Kier alpha value is -2.55. The van der Waals surface area contributed by atoms with Crippen LogP contribution in [0.2, 0.25) is 0 Å². The zero-order valence-electron chi connectivity index (χ0n) is 38.9. The number of ether oxygens (including phenoxy) is 2. The highest BCUT2D eigenvalue weighted by Crippen LogP contribution is 2.38. The minimum atomic E-state index is -4.64. The standard InChI is InChI=1S/C50H88NO8P/c1-6-8-10-12-14-16-18-20-22-24-25-27-29-31-33-35-37-39-41-43-50(53)59-48(47-58-60(54,55)57-45-44-51(3,4)5)46-56-49(52)42-40-38-36-34-32-30-28-26-23-21-19-17-15-13-11-9-7-2/h9,11,14-17,20-23,28,30,48H,6-8,10,12-13,18-19,24-27,29,31-47H2,1-5H3/b11-9-,16-14-,17-15-,22-20-,23-21-,30-28-/t48-/m1/s1. The lowest BCUT2D eigenvalue weighted by Gasteiger charge is -2.28. The number of allylic oxidation sites excluding steroid dienone is 12. The molecule has 0 aliphatic carbocycles. The number of nitrogens with zero attached hydrogens (tertiary/aromatic N) is 1. The normalized spacial score (nSPS) is 14.2. The van der Waals surface area contributed by atoms with E-state index in [1.807, 2.05) is 21.1 Å². The average Bonchev–Trinajstić information content (AvgIpc) is 3.20. The predicted octanol–water partition coefficient (Wildman–Crippen LogP) is 13.2. The van der Waals surface area contributed by atoms with Gasteiger partial charge >= 0.3 is 11.9 Å². The number of carbonyl (C=O) groups excluding carboxylic acids is 2. The van der Waals surface area contributed by atoms with Gasteiger partial charge in [0, 0.05) is 12.8 Å². The van der Waals surface area contributed by atoms with Crippen molar-refractivity contribution in [1.82, 2.24) is 0 Å². The van der Waals surface area contributed by atoms with E-state index in [0.29, 0.717) is 23.9 Å². The lowest BCUT2D eigenvalue weighted by molar-refractivity contribution is -0.870. The van der Waals surface area contributed by atoms with Gasteiger partial charge in [0.1, 0.15) is 19.8 Å². The zero-order chi connectivity index (χ0) is 44.3. The van der Waals surface area contributed by atoms with E-state index in [0.717, 1.165) is 83.5 Å². The van der Waals surface area contributed by atoms with Crippen LogP contribution in [0.4, 0.5) is 0 Å². The number of phosphoric acid groups is 1. The second-order valence-corrected chi connectivity index (χ2v) is 18.1. The van der Waals surface area contributed by atoms with Crippen LogP contribution in [0.15, 0.2) is 72.9 Å². The van der Waals surface area contributed by atoms with E-state index in [1.165, 1.54) is 57.8 Å². The van der Waals surface area contributed by atoms with Gasteiger partial charge in [0.2, 0.25) is 0 Å². The molecule has 0 amide bonds. The van der Waals surface area contributed by atoms with Gasteiger partial charge in [0.25, 0.3) is 7.82 Å². The Kier molecular flexibility index (Phi) is 40.0. The summed E-state index contributed by atoms with van der Waals surface area (Å²) in [4.78, 5) is 37.6. The Labute approximate surface area is 368 Å². The van der Waals surface area contributed by atoms with Gasteiger partial charge in [-0.2, -0.15) is 0 Å². The number of carbonyl (C=O) groups is 2. The largest absolute Gasteiger partial charge is 0.756 e. The summed E-state index contributed by atoms with van der Waals surface area (Å²) in [5.41, 5.74) is 0. The summed E-state index contributed by atoms with van der Waals surface area (Å²) >= 11 is 0. The molecule has 60 heavy (non-hydrogen) atoms. The third kappa shape index (κ3) is 45.0. The first-order valence-corrected chi connectivity index (χ1v) is 25.1. The molecule has 0 saturated heterocycles. The molecule has 9 nitrogen and oxygen atoms in total. The third-order valence-corrected chi connectivity index (χ3v) is 10.7. The van der Waals surface area contributed by atoms with E-state index in [2.05, 4.69) is 86.8 Å². The SMILES string of the molecule is CC/C=C\C/C=C\C/C=C\C/C=C\CCCCCCC(=O)OC[C@H](COP(=O)([O-])OCC[N+](C)(C)C)OC(=O)CCCCCCCCCCC/C=C\C/C=C\CCCCC. The van der Waals surface area contributed by atoms with Crippen LogP contribution in [-0.4, -0.2) is 70.0 Å². The Bertz CT molecular complexity index is 1250. The van der Waals surface area contributed by atoms with Crippen LogP contribution >= 0.6 is 7.82 Å². The minimum absolute atomic E-state index is 0.0394. The first kappa shape index (κ1) is 57.4. The van der Waals surface area contributed by atoms with Gasteiger partial charge in [0.15, 0.2) is 6.10 Å². The number of quaternary nitrogens is 1. The molecule has 0 spiro atoms. The van der Waals surface area contributed by atoms with E-state index in [4.69, 9.17) is 18.5 Å². The first-order valence-electron chi connectivity index (χ1n) is 23.6. The molecular formula is C50H88NO8P. The quantitative estimate of drug-likeness (QED) is 0.0196. The Balaban J connectivity index is 4.37. The first-order chi connectivity index (χ1) is 29.0. The summed E-state index contributed by atoms with van der Waals surface area (Å²) in [6.07, 6.45) is 52.1. The highest BCUT2D eigenvalue weighted by Gasteiger charge is 2.21. The van der Waals surface area contributed by atoms with Crippen LogP contribution in [0.5, 0.6) is 0 Å². The molecule has 1 unspecified atom stereocenters. The number of hydrogen-bond donors (Lipinski definition) is 0. The summed E-state index contributed by atoms with van der Waals surface area (Å²) in [6, 6.07) is 0. The summed E-state index contributed by atoms with van der Waals surface area (Å²) in [6.45, 7) is 4.05. The molecule has 0 aromatic rings. The highest BCUT2D eigenvalue weighted by molar-refractivity contribution is 7.45. The van der Waals surface area contributed by atoms with Crippen LogP contribution in [0.25, 0.3) is 0 Å². The van der Waals surface area contributed by atoms with E-state index >= 15 is 0 Å². The van der Waals surface area contributed by atoms with E-state index in [-0.39, 0.29) is 26.1 Å². The fraction of sp³-hybridized carbons (Fsp3) is 0.720. The van der Waals surface area contributed by atoms with Gasteiger partial charge in [0.05, 0.1) is 27.7 Å². The van der Waals surface area contributed by atoms with Gasteiger partial charge in [-0.05, 0) is 83.5 Å². The molecule has 0 radical (unpaired) electrons. The topological polar surface area (TPSA) is 111 Å². The molecule has 0 saturated carbocycles. The van der Waals surface area contributed by atoms with Gasteiger partial charge in [-0.15, -0.1) is 0 Å². The van der Waals surface area contributed by atoms with E-state index in [9.17, 15) is 19.0 Å². The molecule has 0 aliphatic rings. The third-order valence-electron chi connectivity index (χ3n) is 9.71. The molecule has 0 bridgehead atoms. The second kappa shape index (κ2) is 41.8. The van der Waals surface area contributed by atoms with E-state index < -0.39 is 32.5 Å². The number of unbranched alkanes of at least 4 members (excludes halogenated alkanes) is 16. The van der Waals surface area contributed by atoms with Crippen molar-refractivity contribution >= 4 is 19.8 Å². The van der Waals surface area contributed by atoms with Gasteiger partial charge in [-0.1, -0.05) is 157 Å². The Morgan fingerprint density at radius 2 is 0.950 bits per heavy atom. The fourth-order valence-electron chi connectivity index (χ4n) is 6.03. The molecule has 346 valence electrons. The van der Waals surface area contributed by atoms with Crippen molar-refractivity contribution in [3.05, 3.63) is 72.9 Å². The zero-order valence-corrected chi connectivity index (χ0v) is 39.8. The molecular weight excluding hydrogens is 774 g/mol. The maximum absolute atomic E-state index is 12.7. The maximum Gasteiger partial charge on any atom is 0.306 e. The summed E-state index contributed by atoms with van der Waals surface area (Å²) in [5.74, 6) is -0.871. The molecule has 0 rings (SSSR count). The van der Waals surface area contributed by atoms with Crippen LogP contribution in [0, 0.1) is 0 Å². The second-order valence-electron chi connectivity index (χ2n) is 16.7. The summed E-state index contributed by atoms with van der Waals surface area (Å²) < 4.78 is 33.9. The average molecular weight is 862 g/mol. The molecule has 0 aliphatic heterocycles. The fourth-order valence-corrected chi connectivity index (χ4v) is 6.76. The van der Waals surface area contributed by atoms with Crippen molar-refractivity contribution in [2.45, 2.75) is 187 Å². The van der Waals surface area contributed by atoms with E-state index in [1.54, 1.807) is 0 Å². The van der Waals surface area contributed by atoms with Crippen LogP contribution in [-0.2, 0) is 32.7 Å². The number of rotatable bonds is 42. The molecule has 0 N–H and O–H groups in total. The number of hydrogen-bond acceptors (Lipinski definition) is 8. The van der Waals surface area contributed by atoms with Crippen LogP contribution in [0.3, 0.4) is 0 Å². The number of phosphoric ester groups is 1. The van der Waals surface area contributed by atoms with Crippen LogP contribution < -0.4 is 4.89 Å². The van der Waals surface area contributed by atoms with Gasteiger partial charge < -0.3 is 27.9 Å². The monoisotopic (exact) mass is 862 g/mol. The minimum Gasteiger partial charge on any atom is -0.756 e. The predicted molar refractivity (Wildman–Crippen MR) is 249 cm³/mol. The van der Waals surface area contributed by atoms with Crippen molar-refractivity contribution in [2.24, 2.45) is 0 Å². The van der Waals surface area contributed by atoms with Crippen molar-refractivity contribution < 1.29 is 42.1 Å². The molecule has 0 aromatic carbocycles. The summed E-state index contributed by atoms with van der Waals surface area (Å²) in [5, 5.41) is 0. The lowest BCUT2D eigenvalue weighted by Crippen LogP contribution is -2.37. The molecule has 0 heterocycles. The smallest absolute Gasteiger partial charge is 0.306 e. The van der Waals surface area contributed by atoms with Gasteiger partial charge in [-0.25, -0.2) is 0 Å². The van der Waals surface area contributed by atoms with Crippen molar-refractivity contribution in [2.75, 3.05) is 47.5 Å². The molecule has 10 heteroatoms. The Morgan fingerprint density at radius 1 is 0.533 bits per heavy atom. The van der Waals surface area contributed by atoms with Crippen molar-refractivity contribution in [3.8, 4) is 0 Å². The molecule has 2 atom stereocenters. The lowest BCUT2D eigenvalue weighted by atomic mass is 10.1. The highest BCUT2D eigenvalue weighted by atomic mass is 31.2. The summed E-state index contributed by atoms with van der Waals surface area (Å²) in [7, 11) is 1.14. The molecule has 0 fully saturated rings. The van der Waals surface area contributed by atoms with Crippen molar-refractivity contribution in [3.63, 3.8) is 0 Å². The Morgan fingerprint density at radius 3 is 1.42 bits per heavy atom. The maximum atomic E-state index is 12.7. The van der Waals surface area contributed by atoms with Gasteiger partial charge in [-0.3, -0.25) is 14.2 Å².